The van der Waals surface area contributed by atoms with E-state index in [0.717, 1.165) is 42.3 Å². The van der Waals surface area contributed by atoms with Crippen LogP contribution < -0.4 is 0 Å². The molecule has 0 N–H and O–H groups in total. The zero-order chi connectivity index (χ0) is 15.3. The fraction of sp³-hybridized carbons (Fsp3) is 0.750. The van der Waals surface area contributed by atoms with Crippen LogP contribution in [0, 0.1) is 46.3 Å². The molecule has 0 aromatic carbocycles. The number of methoxy groups -OCH3 is 1. The summed E-state index contributed by atoms with van der Waals surface area (Å²) in [6.45, 7) is 2.41. The number of fused-ring (bicyclic) bond motifs is 5. The van der Waals surface area contributed by atoms with E-state index in [1.54, 1.807) is 12.7 Å². The van der Waals surface area contributed by atoms with E-state index in [0.29, 0.717) is 11.3 Å². The Hall–Kier alpha value is -1.23. The summed E-state index contributed by atoms with van der Waals surface area (Å²) in [5, 5.41) is 9.53. The summed E-state index contributed by atoms with van der Waals surface area (Å²) in [4.78, 5) is 0. The number of nitrogens with zero attached hydrogens (tertiary/aromatic N) is 1. The molecule has 0 saturated heterocycles. The van der Waals surface area contributed by atoms with Crippen LogP contribution in [0.5, 0.6) is 0 Å². The minimum absolute atomic E-state index is 0.295. The molecule has 6 atom stereocenters. The Bertz CT molecular complexity index is 569. The molecule has 2 heteroatoms. The van der Waals surface area contributed by atoms with Crippen molar-refractivity contribution in [3.05, 3.63) is 23.5 Å². The predicted octanol–water partition coefficient (Wildman–Crippen LogP) is 4.84. The van der Waals surface area contributed by atoms with E-state index >= 15 is 0 Å². The first-order chi connectivity index (χ1) is 10.7. The molecule has 2 saturated carbocycles. The lowest BCUT2D eigenvalue weighted by atomic mass is 9.52. The molecule has 4 rings (SSSR count). The molecule has 4 aliphatic rings. The Morgan fingerprint density at radius 2 is 2.09 bits per heavy atom. The van der Waals surface area contributed by atoms with Crippen LogP contribution in [-0.4, -0.2) is 7.11 Å². The van der Waals surface area contributed by atoms with Gasteiger partial charge in [-0.1, -0.05) is 13.0 Å². The number of hydrogen-bond donors (Lipinski definition) is 0. The van der Waals surface area contributed by atoms with Crippen molar-refractivity contribution in [3.8, 4) is 6.07 Å². The quantitative estimate of drug-likeness (QED) is 0.694. The van der Waals surface area contributed by atoms with Gasteiger partial charge in [0, 0.05) is 6.42 Å². The van der Waals surface area contributed by atoms with Crippen LogP contribution in [0.3, 0.4) is 0 Å². The highest BCUT2D eigenvalue weighted by molar-refractivity contribution is 5.31. The SMILES string of the molecule is COC1=CC2=CC[C@@H]3[C@H](CC[C@]4(C)[C@@H](C#N)CC[C@@H]34)[C@H]2CC1. The minimum Gasteiger partial charge on any atom is -0.501 e. The lowest BCUT2D eigenvalue weighted by Crippen LogP contribution is -2.45. The molecule has 0 aromatic heterocycles. The second kappa shape index (κ2) is 5.15. The zero-order valence-corrected chi connectivity index (χ0v) is 13.8. The van der Waals surface area contributed by atoms with Crippen molar-refractivity contribution in [2.75, 3.05) is 7.11 Å². The first kappa shape index (κ1) is 14.4. The van der Waals surface area contributed by atoms with Crippen LogP contribution in [0.4, 0.5) is 0 Å². The van der Waals surface area contributed by atoms with Gasteiger partial charge in [-0.05, 0) is 79.3 Å². The summed E-state index contributed by atoms with van der Waals surface area (Å²) < 4.78 is 5.47. The summed E-state index contributed by atoms with van der Waals surface area (Å²) in [7, 11) is 1.80. The van der Waals surface area contributed by atoms with E-state index in [9.17, 15) is 5.26 Å². The van der Waals surface area contributed by atoms with Crippen LogP contribution in [0.25, 0.3) is 0 Å². The third-order valence-electron chi connectivity index (χ3n) is 7.51. The van der Waals surface area contributed by atoms with Crippen molar-refractivity contribution in [2.45, 2.75) is 51.9 Å². The number of hydrogen-bond acceptors (Lipinski definition) is 2. The number of allylic oxidation sites excluding steroid dienone is 4. The highest BCUT2D eigenvalue weighted by Gasteiger charge is 2.55. The van der Waals surface area contributed by atoms with Crippen molar-refractivity contribution >= 4 is 0 Å². The lowest BCUT2D eigenvalue weighted by Gasteiger charge is -2.52. The van der Waals surface area contributed by atoms with E-state index in [1.807, 2.05) is 0 Å². The molecule has 118 valence electrons. The Kier molecular flexibility index (Phi) is 3.36. The topological polar surface area (TPSA) is 33.0 Å². The molecule has 0 heterocycles. The monoisotopic (exact) mass is 297 g/mol. The molecular weight excluding hydrogens is 270 g/mol. The standard InChI is InChI=1S/C20H27NO/c1-20-10-9-17-16-7-5-15(22-2)11-13(16)3-6-18(17)19(20)8-4-14(20)12-21/h3,11,14,16-19H,4-10H2,1-2H3/t14-,16+,17-,18-,19+,20-/m1/s1. The summed E-state index contributed by atoms with van der Waals surface area (Å²) in [6.07, 6.45) is 13.4. The Labute approximate surface area is 134 Å². The molecule has 2 nitrogen and oxygen atoms in total. The lowest BCUT2D eigenvalue weighted by molar-refractivity contribution is 0.000488. The van der Waals surface area contributed by atoms with Gasteiger partial charge in [-0.2, -0.15) is 5.26 Å². The van der Waals surface area contributed by atoms with Gasteiger partial charge in [-0.3, -0.25) is 0 Å². The fourth-order valence-electron chi connectivity index (χ4n) is 6.30. The summed E-state index contributed by atoms with van der Waals surface area (Å²) in [5.74, 6) is 4.67. The zero-order valence-electron chi connectivity index (χ0n) is 13.8. The predicted molar refractivity (Wildman–Crippen MR) is 86.7 cm³/mol. The van der Waals surface area contributed by atoms with Crippen LogP contribution in [0.2, 0.25) is 0 Å². The number of ether oxygens (including phenoxy) is 1. The van der Waals surface area contributed by atoms with Gasteiger partial charge in [0.1, 0.15) is 0 Å². The van der Waals surface area contributed by atoms with Gasteiger partial charge >= 0.3 is 0 Å². The van der Waals surface area contributed by atoms with Gasteiger partial charge in [-0.25, -0.2) is 0 Å². The van der Waals surface area contributed by atoms with E-state index in [2.05, 4.69) is 25.1 Å². The molecule has 0 bridgehead atoms. The van der Waals surface area contributed by atoms with Crippen molar-refractivity contribution in [1.29, 1.82) is 5.26 Å². The van der Waals surface area contributed by atoms with E-state index < -0.39 is 0 Å². The summed E-state index contributed by atoms with van der Waals surface area (Å²) in [5.41, 5.74) is 1.84. The van der Waals surface area contributed by atoms with Crippen molar-refractivity contribution in [3.63, 3.8) is 0 Å². The Morgan fingerprint density at radius 3 is 2.86 bits per heavy atom. The maximum absolute atomic E-state index is 9.53. The first-order valence-electron chi connectivity index (χ1n) is 9.01. The maximum Gasteiger partial charge on any atom is 0.0958 e. The van der Waals surface area contributed by atoms with Gasteiger partial charge < -0.3 is 4.74 Å². The van der Waals surface area contributed by atoms with Crippen molar-refractivity contribution in [1.82, 2.24) is 0 Å². The molecular formula is C20H27NO. The fourth-order valence-corrected chi connectivity index (χ4v) is 6.30. The second-order valence-corrected chi connectivity index (χ2v) is 8.14. The average molecular weight is 297 g/mol. The Morgan fingerprint density at radius 1 is 1.23 bits per heavy atom. The second-order valence-electron chi connectivity index (χ2n) is 8.14. The first-order valence-corrected chi connectivity index (χ1v) is 9.01. The van der Waals surface area contributed by atoms with Gasteiger partial charge in [0.25, 0.3) is 0 Å². The summed E-state index contributed by atoms with van der Waals surface area (Å²) in [6, 6.07) is 2.63. The van der Waals surface area contributed by atoms with Gasteiger partial charge in [-0.15, -0.1) is 0 Å². The van der Waals surface area contributed by atoms with Crippen molar-refractivity contribution in [2.24, 2.45) is 35.0 Å². The van der Waals surface area contributed by atoms with Gasteiger partial charge in [0.15, 0.2) is 0 Å². The number of rotatable bonds is 1. The normalized spacial score (nSPS) is 46.5. The molecule has 0 aromatic rings. The average Bonchev–Trinajstić information content (AvgIpc) is 2.90. The molecule has 0 amide bonds. The smallest absolute Gasteiger partial charge is 0.0958 e. The number of nitriles is 1. The molecule has 4 aliphatic carbocycles. The van der Waals surface area contributed by atoms with E-state index in [1.165, 1.54) is 32.1 Å². The summed E-state index contributed by atoms with van der Waals surface area (Å²) >= 11 is 0. The largest absolute Gasteiger partial charge is 0.501 e. The maximum atomic E-state index is 9.53. The van der Waals surface area contributed by atoms with Crippen LogP contribution in [0.15, 0.2) is 23.5 Å². The highest BCUT2D eigenvalue weighted by atomic mass is 16.5. The highest BCUT2D eigenvalue weighted by Crippen LogP contribution is 2.62. The van der Waals surface area contributed by atoms with E-state index in [-0.39, 0.29) is 0 Å². The van der Waals surface area contributed by atoms with Crippen LogP contribution in [0.1, 0.15) is 51.9 Å². The Balaban J connectivity index is 1.63. The van der Waals surface area contributed by atoms with Crippen LogP contribution >= 0.6 is 0 Å². The third-order valence-corrected chi connectivity index (χ3v) is 7.51. The van der Waals surface area contributed by atoms with Gasteiger partial charge in [0.05, 0.1) is 24.9 Å². The van der Waals surface area contributed by atoms with Gasteiger partial charge in [0.2, 0.25) is 0 Å². The molecule has 0 radical (unpaired) electrons. The third kappa shape index (κ3) is 1.91. The molecule has 0 spiro atoms. The van der Waals surface area contributed by atoms with Crippen molar-refractivity contribution < 1.29 is 4.74 Å². The molecule has 0 aliphatic heterocycles. The van der Waals surface area contributed by atoms with E-state index in [4.69, 9.17) is 4.74 Å². The molecule has 22 heavy (non-hydrogen) atoms. The van der Waals surface area contributed by atoms with Crippen LogP contribution in [-0.2, 0) is 4.74 Å². The molecule has 0 unspecified atom stereocenters. The minimum atomic E-state index is 0.295. The molecule has 2 fully saturated rings.